The topological polar surface area (TPSA) is 91.4 Å². The van der Waals surface area contributed by atoms with E-state index in [1.54, 1.807) is 18.6 Å². The minimum absolute atomic E-state index is 0.0727. The van der Waals surface area contributed by atoms with Gasteiger partial charge in [0.2, 0.25) is 5.95 Å². The number of aromatic amines is 1. The van der Waals surface area contributed by atoms with E-state index in [9.17, 15) is 0 Å². The lowest BCUT2D eigenvalue weighted by Gasteiger charge is -2.16. The number of aromatic nitrogens is 5. The van der Waals surface area contributed by atoms with Crippen molar-refractivity contribution in [1.82, 2.24) is 24.9 Å². The number of pyridine rings is 1. The van der Waals surface area contributed by atoms with Gasteiger partial charge in [-0.05, 0) is 25.1 Å². The Morgan fingerprint density at radius 2 is 1.67 bits per heavy atom. The second-order valence-corrected chi connectivity index (χ2v) is 6.01. The van der Waals surface area contributed by atoms with Gasteiger partial charge in [0.05, 0.1) is 11.9 Å². The monoisotopic (exact) mass is 357 g/mol. The molecule has 3 heterocycles. The van der Waals surface area contributed by atoms with Crippen molar-refractivity contribution < 1.29 is 0 Å². The summed E-state index contributed by atoms with van der Waals surface area (Å²) in [5.41, 5.74) is 2.90. The molecule has 0 saturated carbocycles. The summed E-state index contributed by atoms with van der Waals surface area (Å²) in [5.74, 6) is 2.20. The standard InChI is InChI=1S/C20H19N7/c1-14(25-18-4-2-3-10-21-18)26-20-24-11-9-17(27-20)15-5-7-16(8-6-15)19-22-12-13-23-19/h2-14H,1H3,(H,21,25)(H,22,23)(H,24,26,27). The van der Waals surface area contributed by atoms with Crippen LogP contribution in [0.3, 0.4) is 0 Å². The second kappa shape index (κ2) is 7.65. The molecule has 0 fully saturated rings. The lowest BCUT2D eigenvalue weighted by Crippen LogP contribution is -2.26. The number of imidazole rings is 1. The number of benzene rings is 1. The number of rotatable bonds is 6. The average Bonchev–Trinajstić information content (AvgIpc) is 3.24. The van der Waals surface area contributed by atoms with Crippen molar-refractivity contribution in [3.8, 4) is 22.6 Å². The molecule has 3 N–H and O–H groups in total. The van der Waals surface area contributed by atoms with Crippen LogP contribution in [0.5, 0.6) is 0 Å². The van der Waals surface area contributed by atoms with Crippen LogP contribution in [-0.2, 0) is 0 Å². The van der Waals surface area contributed by atoms with Crippen LogP contribution < -0.4 is 10.6 Å². The van der Waals surface area contributed by atoms with Gasteiger partial charge in [-0.2, -0.15) is 0 Å². The molecule has 134 valence electrons. The molecule has 0 saturated heterocycles. The van der Waals surface area contributed by atoms with Crippen LogP contribution in [0.2, 0.25) is 0 Å². The van der Waals surface area contributed by atoms with Gasteiger partial charge in [-0.25, -0.2) is 19.9 Å². The quantitative estimate of drug-likeness (QED) is 0.455. The van der Waals surface area contributed by atoms with Crippen molar-refractivity contribution in [3.05, 3.63) is 73.3 Å². The third kappa shape index (κ3) is 4.09. The number of H-pyrrole nitrogens is 1. The molecule has 0 amide bonds. The molecule has 1 atom stereocenters. The molecule has 3 aromatic heterocycles. The maximum atomic E-state index is 4.61. The first-order chi connectivity index (χ1) is 13.3. The van der Waals surface area contributed by atoms with Crippen molar-refractivity contribution in [2.24, 2.45) is 0 Å². The Morgan fingerprint density at radius 3 is 2.41 bits per heavy atom. The first-order valence-corrected chi connectivity index (χ1v) is 8.65. The van der Waals surface area contributed by atoms with E-state index >= 15 is 0 Å². The fourth-order valence-corrected chi connectivity index (χ4v) is 2.71. The highest BCUT2D eigenvalue weighted by Gasteiger charge is 2.07. The Bertz CT molecular complexity index is 983. The molecule has 4 rings (SSSR count). The van der Waals surface area contributed by atoms with Crippen LogP contribution in [-0.4, -0.2) is 31.1 Å². The highest BCUT2D eigenvalue weighted by atomic mass is 15.2. The zero-order valence-corrected chi connectivity index (χ0v) is 14.8. The molecular formula is C20H19N7. The van der Waals surface area contributed by atoms with Gasteiger partial charge < -0.3 is 15.6 Å². The summed E-state index contributed by atoms with van der Waals surface area (Å²) in [4.78, 5) is 20.5. The average molecular weight is 357 g/mol. The molecule has 27 heavy (non-hydrogen) atoms. The Kier molecular flexibility index (Phi) is 4.74. The van der Waals surface area contributed by atoms with E-state index in [0.29, 0.717) is 5.95 Å². The predicted molar refractivity (Wildman–Crippen MR) is 106 cm³/mol. The van der Waals surface area contributed by atoms with Gasteiger partial charge in [0.1, 0.15) is 11.6 Å². The van der Waals surface area contributed by atoms with E-state index < -0.39 is 0 Å². The van der Waals surface area contributed by atoms with Crippen molar-refractivity contribution in [2.45, 2.75) is 13.1 Å². The van der Waals surface area contributed by atoms with Gasteiger partial charge in [0.25, 0.3) is 0 Å². The zero-order valence-electron chi connectivity index (χ0n) is 14.8. The fraction of sp³-hybridized carbons (Fsp3) is 0.100. The number of hydrogen-bond acceptors (Lipinski definition) is 6. The van der Waals surface area contributed by atoms with E-state index in [2.05, 4.69) is 35.6 Å². The Morgan fingerprint density at radius 1 is 0.815 bits per heavy atom. The number of anilines is 2. The Labute approximate surface area is 157 Å². The zero-order chi connectivity index (χ0) is 18.5. The summed E-state index contributed by atoms with van der Waals surface area (Å²) in [5, 5.41) is 6.51. The first kappa shape index (κ1) is 16.7. The van der Waals surface area contributed by atoms with Gasteiger partial charge in [-0.1, -0.05) is 30.3 Å². The van der Waals surface area contributed by atoms with Gasteiger partial charge in [0.15, 0.2) is 0 Å². The molecule has 1 unspecified atom stereocenters. The summed E-state index contributed by atoms with van der Waals surface area (Å²) in [6.07, 6.45) is 6.98. The van der Waals surface area contributed by atoms with E-state index in [1.807, 2.05) is 61.7 Å². The minimum Gasteiger partial charge on any atom is -0.350 e. The summed E-state index contributed by atoms with van der Waals surface area (Å²) < 4.78 is 0. The Balaban J connectivity index is 1.47. The third-order valence-electron chi connectivity index (χ3n) is 3.98. The van der Waals surface area contributed by atoms with Crippen LogP contribution in [0.1, 0.15) is 6.92 Å². The van der Waals surface area contributed by atoms with Crippen molar-refractivity contribution >= 4 is 11.8 Å². The predicted octanol–water partition coefficient (Wildman–Crippen LogP) is 3.80. The molecule has 0 aliphatic carbocycles. The molecule has 0 spiro atoms. The largest absolute Gasteiger partial charge is 0.350 e. The van der Waals surface area contributed by atoms with Crippen LogP contribution in [0.25, 0.3) is 22.6 Å². The van der Waals surface area contributed by atoms with E-state index in [0.717, 1.165) is 28.5 Å². The second-order valence-electron chi connectivity index (χ2n) is 6.01. The Hall–Kier alpha value is -3.74. The molecule has 7 heteroatoms. The molecule has 0 radical (unpaired) electrons. The van der Waals surface area contributed by atoms with Gasteiger partial charge in [-0.15, -0.1) is 0 Å². The number of nitrogens with zero attached hydrogens (tertiary/aromatic N) is 4. The van der Waals surface area contributed by atoms with Crippen LogP contribution in [0.15, 0.2) is 73.3 Å². The van der Waals surface area contributed by atoms with Crippen LogP contribution in [0.4, 0.5) is 11.8 Å². The first-order valence-electron chi connectivity index (χ1n) is 8.65. The lowest BCUT2D eigenvalue weighted by atomic mass is 10.1. The van der Waals surface area contributed by atoms with Crippen molar-refractivity contribution in [2.75, 3.05) is 10.6 Å². The van der Waals surface area contributed by atoms with E-state index in [-0.39, 0.29) is 6.17 Å². The van der Waals surface area contributed by atoms with E-state index in [1.165, 1.54) is 0 Å². The van der Waals surface area contributed by atoms with Crippen LogP contribution in [0, 0.1) is 0 Å². The van der Waals surface area contributed by atoms with Crippen molar-refractivity contribution in [1.29, 1.82) is 0 Å². The maximum absolute atomic E-state index is 4.61. The number of nitrogens with one attached hydrogen (secondary N) is 3. The molecule has 1 aromatic carbocycles. The van der Waals surface area contributed by atoms with Crippen molar-refractivity contribution in [3.63, 3.8) is 0 Å². The number of hydrogen-bond donors (Lipinski definition) is 3. The molecule has 0 aliphatic rings. The lowest BCUT2D eigenvalue weighted by molar-refractivity contribution is 0.881. The molecule has 4 aromatic rings. The normalized spacial score (nSPS) is 11.7. The molecule has 7 nitrogen and oxygen atoms in total. The van der Waals surface area contributed by atoms with E-state index in [4.69, 9.17) is 0 Å². The highest BCUT2D eigenvalue weighted by molar-refractivity contribution is 5.65. The highest BCUT2D eigenvalue weighted by Crippen LogP contribution is 2.22. The summed E-state index contributed by atoms with van der Waals surface area (Å²) in [6, 6.07) is 15.7. The molecule has 0 bridgehead atoms. The molecule has 0 aliphatic heterocycles. The summed E-state index contributed by atoms with van der Waals surface area (Å²) in [6.45, 7) is 1.99. The molecular weight excluding hydrogens is 338 g/mol. The summed E-state index contributed by atoms with van der Waals surface area (Å²) in [7, 11) is 0. The van der Waals surface area contributed by atoms with Gasteiger partial charge in [-0.3, -0.25) is 0 Å². The minimum atomic E-state index is -0.0727. The maximum Gasteiger partial charge on any atom is 0.224 e. The fourth-order valence-electron chi connectivity index (χ4n) is 2.71. The SMILES string of the molecule is CC(Nc1ccccn1)Nc1nccc(-c2ccc(-c3ncc[nH]3)cc2)n1. The summed E-state index contributed by atoms with van der Waals surface area (Å²) >= 11 is 0. The van der Waals surface area contributed by atoms with Gasteiger partial charge in [0, 0.05) is 35.9 Å². The van der Waals surface area contributed by atoms with Crippen LogP contribution >= 0.6 is 0 Å². The smallest absolute Gasteiger partial charge is 0.224 e. The van der Waals surface area contributed by atoms with Gasteiger partial charge >= 0.3 is 0 Å². The third-order valence-corrected chi connectivity index (χ3v) is 3.98.